The molecule has 11 heteroatoms. The first-order valence-electron chi connectivity index (χ1n) is 9.89. The number of imidazole rings is 1. The largest absolute Gasteiger partial charge is 0.337 e. The van der Waals surface area contributed by atoms with Gasteiger partial charge in [-0.2, -0.15) is 0 Å². The first-order valence-corrected chi connectivity index (χ1v) is 12.1. The summed E-state index contributed by atoms with van der Waals surface area (Å²) in [5.41, 5.74) is 0.0781. The average molecular weight is 529 g/mol. The summed E-state index contributed by atoms with van der Waals surface area (Å²) in [6.07, 6.45) is 6.21. The molecule has 0 fully saturated rings. The van der Waals surface area contributed by atoms with Crippen LogP contribution in [0.2, 0.25) is 5.02 Å². The number of nitrogens with zero attached hydrogens (tertiary/aromatic N) is 4. The van der Waals surface area contributed by atoms with E-state index < -0.39 is 11.6 Å². The predicted molar refractivity (Wildman–Crippen MR) is 133 cm³/mol. The highest BCUT2D eigenvalue weighted by molar-refractivity contribution is 7.99. The predicted octanol–water partition coefficient (Wildman–Crippen LogP) is 6.45. The molecule has 2 aromatic carbocycles. The summed E-state index contributed by atoms with van der Waals surface area (Å²) < 4.78 is 30.1. The molecule has 0 unspecified atom stereocenters. The van der Waals surface area contributed by atoms with Crippen molar-refractivity contribution in [1.29, 1.82) is 0 Å². The molecular formula is C22H20Cl2F2N4OS2. The lowest BCUT2D eigenvalue weighted by atomic mass is 10.3. The molecule has 4 aromatic rings. The lowest BCUT2D eigenvalue weighted by Crippen LogP contribution is -2.32. The van der Waals surface area contributed by atoms with E-state index in [1.54, 1.807) is 29.2 Å². The summed E-state index contributed by atoms with van der Waals surface area (Å²) in [4.78, 5) is 24.0. The second-order valence-electron chi connectivity index (χ2n) is 6.98. The zero-order valence-corrected chi connectivity index (χ0v) is 20.5. The number of hydrogen-bond donors (Lipinski definition) is 0. The molecule has 0 saturated heterocycles. The Labute approximate surface area is 209 Å². The molecule has 0 aliphatic heterocycles. The Hall–Kier alpha value is -2.20. The van der Waals surface area contributed by atoms with Crippen molar-refractivity contribution < 1.29 is 13.6 Å². The molecule has 0 N–H and O–H groups in total. The monoisotopic (exact) mass is 528 g/mol. The summed E-state index contributed by atoms with van der Waals surface area (Å²) in [6, 6.07) is 9.48. The van der Waals surface area contributed by atoms with Crippen LogP contribution < -0.4 is 4.90 Å². The van der Waals surface area contributed by atoms with Crippen LogP contribution in [0.4, 0.5) is 13.9 Å². The van der Waals surface area contributed by atoms with Gasteiger partial charge in [-0.15, -0.1) is 24.2 Å². The summed E-state index contributed by atoms with van der Waals surface area (Å²) >= 11 is 8.58. The van der Waals surface area contributed by atoms with Crippen molar-refractivity contribution in [2.24, 2.45) is 0 Å². The Morgan fingerprint density at radius 1 is 1.21 bits per heavy atom. The Morgan fingerprint density at radius 2 is 2.00 bits per heavy atom. The van der Waals surface area contributed by atoms with Gasteiger partial charge in [-0.3, -0.25) is 9.69 Å². The van der Waals surface area contributed by atoms with Crippen LogP contribution in [0, 0.1) is 11.6 Å². The van der Waals surface area contributed by atoms with Gasteiger partial charge in [0.1, 0.15) is 11.3 Å². The highest BCUT2D eigenvalue weighted by atomic mass is 35.5. The molecule has 0 aliphatic carbocycles. The van der Waals surface area contributed by atoms with Gasteiger partial charge in [-0.05, 0) is 36.8 Å². The topological polar surface area (TPSA) is 51.0 Å². The number of carbonyl (C=O) groups is 1. The smallest absolute Gasteiger partial charge is 0.229 e. The molecule has 0 atom stereocenters. The maximum Gasteiger partial charge on any atom is 0.229 e. The number of benzene rings is 2. The van der Waals surface area contributed by atoms with Crippen LogP contribution in [0.15, 0.2) is 60.0 Å². The van der Waals surface area contributed by atoms with Crippen LogP contribution in [0.5, 0.6) is 0 Å². The van der Waals surface area contributed by atoms with Crippen LogP contribution in [0.25, 0.3) is 10.2 Å². The van der Waals surface area contributed by atoms with Crippen molar-refractivity contribution in [3.8, 4) is 0 Å². The van der Waals surface area contributed by atoms with Gasteiger partial charge < -0.3 is 4.57 Å². The molecule has 5 nitrogen and oxygen atoms in total. The van der Waals surface area contributed by atoms with Crippen LogP contribution in [-0.4, -0.2) is 32.7 Å². The molecule has 0 bridgehead atoms. The molecular weight excluding hydrogens is 509 g/mol. The van der Waals surface area contributed by atoms with Crippen molar-refractivity contribution in [2.45, 2.75) is 24.3 Å². The molecule has 2 aromatic heterocycles. The van der Waals surface area contributed by atoms with E-state index >= 15 is 0 Å². The van der Waals surface area contributed by atoms with Crippen molar-refractivity contribution >= 4 is 68.4 Å². The fraction of sp³-hybridized carbons (Fsp3) is 0.227. The number of carbonyl (C=O) groups excluding carboxylic acids is 1. The van der Waals surface area contributed by atoms with E-state index in [0.717, 1.165) is 22.3 Å². The Bertz CT molecular complexity index is 1200. The van der Waals surface area contributed by atoms with Crippen molar-refractivity contribution in [3.05, 3.63) is 71.8 Å². The maximum atomic E-state index is 14.2. The minimum atomic E-state index is -0.730. The molecule has 33 heavy (non-hydrogen) atoms. The van der Waals surface area contributed by atoms with Crippen LogP contribution in [-0.2, 0) is 11.3 Å². The van der Waals surface area contributed by atoms with E-state index in [1.165, 1.54) is 6.07 Å². The van der Waals surface area contributed by atoms with E-state index in [9.17, 15) is 13.6 Å². The third-order valence-corrected chi connectivity index (χ3v) is 6.98. The Morgan fingerprint density at radius 3 is 2.73 bits per heavy atom. The Kier molecular flexibility index (Phi) is 9.08. The fourth-order valence-electron chi connectivity index (χ4n) is 3.14. The number of aromatic nitrogens is 3. The van der Waals surface area contributed by atoms with Crippen molar-refractivity contribution in [3.63, 3.8) is 0 Å². The SMILES string of the molecule is Cl.O=C(CCSc1ccc(Cl)cc1)N(CCCn1ccnc1)c1nc2c(F)cc(F)cc2s1. The minimum absolute atomic E-state index is 0. The van der Waals surface area contributed by atoms with E-state index in [0.29, 0.717) is 40.1 Å². The number of anilines is 1. The summed E-state index contributed by atoms with van der Waals surface area (Å²) in [5, 5.41) is 1.03. The number of halogens is 4. The van der Waals surface area contributed by atoms with Crippen LogP contribution >= 0.6 is 47.1 Å². The lowest BCUT2D eigenvalue weighted by Gasteiger charge is -2.20. The van der Waals surface area contributed by atoms with E-state index in [4.69, 9.17) is 11.6 Å². The lowest BCUT2D eigenvalue weighted by molar-refractivity contribution is -0.118. The molecule has 174 valence electrons. The van der Waals surface area contributed by atoms with E-state index in [-0.39, 0.29) is 30.3 Å². The second kappa shape index (κ2) is 11.8. The number of aryl methyl sites for hydroxylation is 1. The van der Waals surface area contributed by atoms with Gasteiger partial charge in [0.25, 0.3) is 0 Å². The number of rotatable bonds is 9. The third-order valence-electron chi connectivity index (χ3n) is 4.69. The summed E-state index contributed by atoms with van der Waals surface area (Å²) in [7, 11) is 0. The molecule has 2 heterocycles. The number of thiazole rings is 1. The van der Waals surface area contributed by atoms with Gasteiger partial charge in [0, 0.05) is 53.6 Å². The van der Waals surface area contributed by atoms with Gasteiger partial charge >= 0.3 is 0 Å². The molecule has 4 rings (SSSR count). The Balaban J connectivity index is 0.00000306. The van der Waals surface area contributed by atoms with Crippen molar-refractivity contribution in [1.82, 2.24) is 14.5 Å². The molecule has 0 saturated carbocycles. The number of hydrogen-bond acceptors (Lipinski definition) is 5. The summed E-state index contributed by atoms with van der Waals surface area (Å²) in [6.45, 7) is 1.09. The third kappa shape index (κ3) is 6.66. The zero-order valence-electron chi connectivity index (χ0n) is 17.3. The minimum Gasteiger partial charge on any atom is -0.337 e. The molecule has 0 spiro atoms. The van der Waals surface area contributed by atoms with Crippen LogP contribution in [0.1, 0.15) is 12.8 Å². The van der Waals surface area contributed by atoms with Gasteiger partial charge in [-0.1, -0.05) is 22.9 Å². The quantitative estimate of drug-likeness (QED) is 0.234. The van der Waals surface area contributed by atoms with Crippen molar-refractivity contribution in [2.75, 3.05) is 17.2 Å². The number of thioether (sulfide) groups is 1. The van der Waals surface area contributed by atoms with Gasteiger partial charge in [-0.25, -0.2) is 18.7 Å². The van der Waals surface area contributed by atoms with E-state index in [2.05, 4.69) is 9.97 Å². The number of fused-ring (bicyclic) bond motifs is 1. The second-order valence-corrected chi connectivity index (χ2v) is 9.60. The van der Waals surface area contributed by atoms with Gasteiger partial charge in [0.05, 0.1) is 11.0 Å². The highest BCUT2D eigenvalue weighted by Gasteiger charge is 2.21. The standard InChI is InChI=1S/C22H19ClF2N4OS2.ClH/c23-15-2-4-17(5-3-15)31-11-6-20(30)29(9-1-8-28-10-7-26-14-28)22-27-21-18(25)12-16(24)13-19(21)32-22;/h2-5,7,10,12-14H,1,6,8-9,11H2;1H. The maximum absolute atomic E-state index is 14.2. The number of amides is 1. The molecule has 0 aliphatic rings. The highest BCUT2D eigenvalue weighted by Crippen LogP contribution is 2.32. The summed E-state index contributed by atoms with van der Waals surface area (Å²) in [5.74, 6) is -0.932. The molecule has 0 radical (unpaired) electrons. The van der Waals surface area contributed by atoms with Gasteiger partial charge in [0.2, 0.25) is 5.91 Å². The fourth-order valence-corrected chi connectivity index (χ4v) is 5.16. The normalized spacial score (nSPS) is 10.9. The first kappa shape index (κ1) is 25.4. The molecule has 1 amide bonds. The first-order chi connectivity index (χ1) is 15.5. The van der Waals surface area contributed by atoms with E-state index in [1.807, 2.05) is 35.0 Å². The average Bonchev–Trinajstić information content (AvgIpc) is 3.42. The zero-order chi connectivity index (χ0) is 22.5. The van der Waals surface area contributed by atoms with Crippen LogP contribution in [0.3, 0.4) is 0 Å². The van der Waals surface area contributed by atoms with Gasteiger partial charge in [0.15, 0.2) is 10.9 Å².